The average Bonchev–Trinajstić information content (AvgIpc) is 3.07. The zero-order valence-corrected chi connectivity index (χ0v) is 16.4. The Kier molecular flexibility index (Phi) is 4.78. The molecule has 7 heteroatoms. The van der Waals surface area contributed by atoms with Crippen LogP contribution in [0.5, 0.6) is 11.5 Å². The van der Waals surface area contributed by atoms with Crippen LogP contribution in [-0.2, 0) is 19.5 Å². The number of nitrogens with zero attached hydrogens (tertiary/aromatic N) is 4. The molecule has 0 aliphatic carbocycles. The Balaban J connectivity index is 1.51. The molecule has 0 fully saturated rings. The number of rotatable bonds is 5. The van der Waals surface area contributed by atoms with Gasteiger partial charge in [-0.1, -0.05) is 13.8 Å². The molecule has 0 radical (unpaired) electrons. The standard InChI is InChI=1S/C20H27N5O2/c1-13(2)10-25-12-22-16-11-24(6-5-17(16)25)20-21-9-14-7-18(26-3)19(27-4)8-15(14)23-20/h7-9,12-13,20,23H,5-6,10-11H2,1-4H3. The van der Waals surface area contributed by atoms with Gasteiger partial charge < -0.3 is 19.4 Å². The van der Waals surface area contributed by atoms with Crippen LogP contribution in [0.3, 0.4) is 0 Å². The van der Waals surface area contributed by atoms with Crippen molar-refractivity contribution < 1.29 is 9.47 Å². The molecule has 0 saturated heterocycles. The van der Waals surface area contributed by atoms with E-state index in [2.05, 4.69) is 33.6 Å². The third kappa shape index (κ3) is 3.39. The first-order valence-corrected chi connectivity index (χ1v) is 9.41. The van der Waals surface area contributed by atoms with Crippen LogP contribution < -0.4 is 14.8 Å². The molecule has 0 spiro atoms. The maximum Gasteiger partial charge on any atom is 0.176 e. The lowest BCUT2D eigenvalue weighted by molar-refractivity contribution is 0.197. The molecular weight excluding hydrogens is 342 g/mol. The number of hydrogen-bond donors (Lipinski definition) is 1. The van der Waals surface area contributed by atoms with Crippen LogP contribution in [0.25, 0.3) is 0 Å². The van der Waals surface area contributed by atoms with Crippen LogP contribution in [0.4, 0.5) is 5.69 Å². The highest BCUT2D eigenvalue weighted by Crippen LogP contribution is 2.35. The lowest BCUT2D eigenvalue weighted by Gasteiger charge is -2.35. The Bertz CT molecular complexity index is 858. The van der Waals surface area contributed by atoms with E-state index in [-0.39, 0.29) is 6.29 Å². The fourth-order valence-electron chi connectivity index (χ4n) is 3.79. The Morgan fingerprint density at radius 1 is 1.22 bits per heavy atom. The van der Waals surface area contributed by atoms with Crippen molar-refractivity contribution in [1.82, 2.24) is 14.5 Å². The molecule has 0 bridgehead atoms. The maximum atomic E-state index is 5.43. The number of imidazole rings is 1. The minimum Gasteiger partial charge on any atom is -0.493 e. The molecule has 0 saturated carbocycles. The van der Waals surface area contributed by atoms with Crippen LogP contribution in [0.2, 0.25) is 0 Å². The first kappa shape index (κ1) is 17.9. The van der Waals surface area contributed by atoms with E-state index < -0.39 is 0 Å². The summed E-state index contributed by atoms with van der Waals surface area (Å²) in [5, 5.41) is 3.52. The number of aromatic nitrogens is 2. The van der Waals surface area contributed by atoms with Gasteiger partial charge in [0.05, 0.1) is 26.2 Å². The van der Waals surface area contributed by atoms with Gasteiger partial charge in [0.25, 0.3) is 0 Å². The lowest BCUT2D eigenvalue weighted by atomic mass is 10.1. The second-order valence-corrected chi connectivity index (χ2v) is 7.50. The third-order valence-corrected chi connectivity index (χ3v) is 5.12. The SMILES string of the molecule is COc1cc2c(cc1OC)NC(N1CCc3c(ncn3CC(C)C)C1)N=C2. The Morgan fingerprint density at radius 3 is 2.74 bits per heavy atom. The topological polar surface area (TPSA) is 63.9 Å². The minimum absolute atomic E-state index is 0.0981. The van der Waals surface area contributed by atoms with Crippen molar-refractivity contribution in [3.05, 3.63) is 35.4 Å². The van der Waals surface area contributed by atoms with Gasteiger partial charge in [-0.3, -0.25) is 9.89 Å². The van der Waals surface area contributed by atoms with E-state index in [1.54, 1.807) is 14.2 Å². The van der Waals surface area contributed by atoms with Crippen molar-refractivity contribution in [2.45, 2.75) is 39.6 Å². The molecular formula is C20H27N5O2. The highest BCUT2D eigenvalue weighted by molar-refractivity contribution is 5.91. The summed E-state index contributed by atoms with van der Waals surface area (Å²) in [6.45, 7) is 7.26. The Labute approximate surface area is 160 Å². The number of aliphatic imine (C=N–C) groups is 1. The maximum absolute atomic E-state index is 5.43. The van der Waals surface area contributed by atoms with Crippen LogP contribution in [0.15, 0.2) is 23.5 Å². The van der Waals surface area contributed by atoms with Crippen LogP contribution in [0.1, 0.15) is 30.8 Å². The Morgan fingerprint density at radius 2 is 2.00 bits per heavy atom. The van der Waals surface area contributed by atoms with E-state index in [1.807, 2.05) is 24.7 Å². The van der Waals surface area contributed by atoms with Gasteiger partial charge >= 0.3 is 0 Å². The van der Waals surface area contributed by atoms with Gasteiger partial charge in [0.15, 0.2) is 17.8 Å². The van der Waals surface area contributed by atoms with Crippen LogP contribution >= 0.6 is 0 Å². The zero-order valence-electron chi connectivity index (χ0n) is 16.4. The van der Waals surface area contributed by atoms with Gasteiger partial charge in [-0.05, 0) is 12.0 Å². The fourth-order valence-corrected chi connectivity index (χ4v) is 3.79. The van der Waals surface area contributed by atoms with Gasteiger partial charge in [0, 0.05) is 55.3 Å². The van der Waals surface area contributed by atoms with Crippen molar-refractivity contribution in [3.8, 4) is 11.5 Å². The molecule has 1 N–H and O–H groups in total. The first-order chi connectivity index (χ1) is 13.1. The summed E-state index contributed by atoms with van der Waals surface area (Å²) in [6, 6.07) is 3.92. The molecule has 2 aliphatic heterocycles. The number of methoxy groups -OCH3 is 2. The molecule has 7 nitrogen and oxygen atoms in total. The summed E-state index contributed by atoms with van der Waals surface area (Å²) < 4.78 is 13.1. The molecule has 2 aliphatic rings. The summed E-state index contributed by atoms with van der Waals surface area (Å²) in [5.41, 5.74) is 4.54. The minimum atomic E-state index is -0.0981. The first-order valence-electron chi connectivity index (χ1n) is 9.41. The molecule has 1 aromatic carbocycles. The second kappa shape index (κ2) is 7.23. The van der Waals surface area contributed by atoms with Gasteiger partial charge in [0.1, 0.15) is 0 Å². The lowest BCUT2D eigenvalue weighted by Crippen LogP contribution is -2.44. The molecule has 3 heterocycles. The van der Waals surface area contributed by atoms with Crippen molar-refractivity contribution >= 4 is 11.9 Å². The number of anilines is 1. The molecule has 27 heavy (non-hydrogen) atoms. The fraction of sp³-hybridized carbons (Fsp3) is 0.500. The molecule has 1 aromatic heterocycles. The molecule has 1 unspecified atom stereocenters. The van der Waals surface area contributed by atoms with Gasteiger partial charge in [0.2, 0.25) is 0 Å². The quantitative estimate of drug-likeness (QED) is 0.878. The normalized spacial score (nSPS) is 18.8. The molecule has 4 rings (SSSR count). The summed E-state index contributed by atoms with van der Waals surface area (Å²) in [5.74, 6) is 2.04. The van der Waals surface area contributed by atoms with Crippen molar-refractivity contribution in [2.75, 3.05) is 26.1 Å². The van der Waals surface area contributed by atoms with E-state index in [9.17, 15) is 0 Å². The number of nitrogens with one attached hydrogen (secondary N) is 1. The predicted molar refractivity (Wildman–Crippen MR) is 106 cm³/mol. The highest BCUT2D eigenvalue weighted by Gasteiger charge is 2.28. The van der Waals surface area contributed by atoms with E-state index in [0.717, 1.165) is 43.0 Å². The van der Waals surface area contributed by atoms with Crippen molar-refractivity contribution in [3.63, 3.8) is 0 Å². The molecule has 144 valence electrons. The summed E-state index contributed by atoms with van der Waals surface area (Å²) in [6.07, 6.45) is 4.79. The van der Waals surface area contributed by atoms with E-state index in [0.29, 0.717) is 17.4 Å². The van der Waals surface area contributed by atoms with Crippen molar-refractivity contribution in [2.24, 2.45) is 10.9 Å². The molecule has 0 amide bonds. The summed E-state index contributed by atoms with van der Waals surface area (Å²) in [7, 11) is 3.29. The molecule has 2 aromatic rings. The monoisotopic (exact) mass is 369 g/mol. The Hall–Kier alpha value is -2.54. The number of fused-ring (bicyclic) bond motifs is 2. The van der Waals surface area contributed by atoms with E-state index in [4.69, 9.17) is 14.5 Å². The van der Waals surface area contributed by atoms with Gasteiger partial charge in [-0.25, -0.2) is 4.98 Å². The summed E-state index contributed by atoms with van der Waals surface area (Å²) >= 11 is 0. The van der Waals surface area contributed by atoms with Gasteiger partial charge in [-0.2, -0.15) is 0 Å². The van der Waals surface area contributed by atoms with E-state index >= 15 is 0 Å². The highest BCUT2D eigenvalue weighted by atomic mass is 16.5. The van der Waals surface area contributed by atoms with E-state index in [1.165, 1.54) is 5.69 Å². The largest absolute Gasteiger partial charge is 0.493 e. The third-order valence-electron chi connectivity index (χ3n) is 5.12. The second-order valence-electron chi connectivity index (χ2n) is 7.50. The predicted octanol–water partition coefficient (Wildman–Crippen LogP) is 2.74. The molecule has 1 atom stereocenters. The summed E-state index contributed by atoms with van der Waals surface area (Å²) in [4.78, 5) is 11.7. The smallest absolute Gasteiger partial charge is 0.176 e. The number of benzene rings is 1. The van der Waals surface area contributed by atoms with Gasteiger partial charge in [-0.15, -0.1) is 0 Å². The van der Waals surface area contributed by atoms with Crippen LogP contribution in [-0.4, -0.2) is 47.7 Å². The average molecular weight is 369 g/mol. The number of ether oxygens (including phenoxy) is 2. The number of hydrogen-bond acceptors (Lipinski definition) is 6. The van der Waals surface area contributed by atoms with Crippen LogP contribution in [0, 0.1) is 5.92 Å². The zero-order chi connectivity index (χ0) is 19.0. The van der Waals surface area contributed by atoms with Crippen molar-refractivity contribution in [1.29, 1.82) is 0 Å².